The zero-order valence-corrected chi connectivity index (χ0v) is 17.8. The minimum Gasteiger partial charge on any atom is -0.420 e. The maximum absolute atomic E-state index is 13.8. The van der Waals surface area contributed by atoms with Gasteiger partial charge in [-0.05, 0) is 31.7 Å². The van der Waals surface area contributed by atoms with Crippen LogP contribution in [0, 0.1) is 6.92 Å². The average Bonchev–Trinajstić information content (AvgIpc) is 3.51. The summed E-state index contributed by atoms with van der Waals surface area (Å²) >= 11 is 0. The summed E-state index contributed by atoms with van der Waals surface area (Å²) < 4.78 is 53.6. The molecule has 4 aromatic rings. The smallest absolute Gasteiger partial charge is 0.420 e. The molecule has 172 valence electrons. The van der Waals surface area contributed by atoms with Crippen molar-refractivity contribution in [1.29, 1.82) is 0 Å². The van der Waals surface area contributed by atoms with Crippen LogP contribution < -0.4 is 5.56 Å². The van der Waals surface area contributed by atoms with Crippen molar-refractivity contribution in [3.63, 3.8) is 0 Å². The highest BCUT2D eigenvalue weighted by atomic mass is 19.4. The number of aromatic nitrogens is 5. The van der Waals surface area contributed by atoms with Crippen LogP contribution in [0.25, 0.3) is 28.2 Å². The van der Waals surface area contributed by atoms with E-state index in [9.17, 15) is 18.0 Å². The Morgan fingerprint density at radius 1 is 1.15 bits per heavy atom. The van der Waals surface area contributed by atoms with Crippen LogP contribution in [0.5, 0.6) is 0 Å². The number of aromatic amines is 1. The average molecular weight is 459 g/mol. The fourth-order valence-corrected chi connectivity index (χ4v) is 4.48. The summed E-state index contributed by atoms with van der Waals surface area (Å²) in [5.74, 6) is 0.161. The van der Waals surface area contributed by atoms with Crippen molar-refractivity contribution < 1.29 is 22.3 Å². The number of rotatable bonds is 4. The Kier molecular flexibility index (Phi) is 5.08. The summed E-state index contributed by atoms with van der Waals surface area (Å²) in [5, 5.41) is 10.3. The number of benzene rings is 1. The van der Waals surface area contributed by atoms with Gasteiger partial charge in [0.15, 0.2) is 5.65 Å². The van der Waals surface area contributed by atoms with E-state index in [1.807, 2.05) is 0 Å². The lowest BCUT2D eigenvalue weighted by Gasteiger charge is -2.13. The molecule has 1 aliphatic carbocycles. The molecule has 5 rings (SSSR count). The van der Waals surface area contributed by atoms with Crippen LogP contribution in [0.1, 0.15) is 42.5 Å². The molecule has 33 heavy (non-hydrogen) atoms. The molecule has 1 fully saturated rings. The van der Waals surface area contributed by atoms with E-state index in [1.54, 1.807) is 25.3 Å². The number of ether oxygens (including phenoxy) is 1. The lowest BCUT2D eigenvalue weighted by Crippen LogP contribution is -2.20. The molecule has 1 aliphatic rings. The van der Waals surface area contributed by atoms with Gasteiger partial charge in [0.05, 0.1) is 23.3 Å². The highest BCUT2D eigenvalue weighted by Crippen LogP contribution is 2.39. The van der Waals surface area contributed by atoms with Crippen molar-refractivity contribution in [3.05, 3.63) is 58.0 Å². The van der Waals surface area contributed by atoms with E-state index >= 15 is 0 Å². The van der Waals surface area contributed by atoms with Crippen LogP contribution >= 0.6 is 0 Å². The Morgan fingerprint density at radius 2 is 1.91 bits per heavy atom. The van der Waals surface area contributed by atoms with Crippen LogP contribution in [0.2, 0.25) is 0 Å². The number of halogens is 3. The maximum Gasteiger partial charge on any atom is 0.433 e. The summed E-state index contributed by atoms with van der Waals surface area (Å²) in [5.41, 5.74) is -1.72. The monoisotopic (exact) mass is 459 g/mol. The molecule has 2 atom stereocenters. The van der Waals surface area contributed by atoms with Crippen molar-refractivity contribution in [3.8, 4) is 22.6 Å². The molecule has 3 aromatic heterocycles. The lowest BCUT2D eigenvalue weighted by molar-refractivity contribution is -0.140. The zero-order chi connectivity index (χ0) is 23.3. The Labute approximate surface area is 185 Å². The summed E-state index contributed by atoms with van der Waals surface area (Å²) in [6.07, 6.45) is -2.18. The Bertz CT molecular complexity index is 1370. The molecule has 0 radical (unpaired) electrons. The summed E-state index contributed by atoms with van der Waals surface area (Å²) in [6, 6.07) is 8.00. The predicted octanol–water partition coefficient (Wildman–Crippen LogP) is 4.35. The number of nitrogens with zero attached hydrogens (tertiary/aromatic N) is 4. The van der Waals surface area contributed by atoms with E-state index in [-0.39, 0.29) is 45.9 Å². The maximum atomic E-state index is 13.8. The van der Waals surface area contributed by atoms with E-state index in [0.717, 1.165) is 23.8 Å². The van der Waals surface area contributed by atoms with Crippen molar-refractivity contribution in [2.24, 2.45) is 0 Å². The standard InChI is InChI=1S/C22H20F3N5O3/c1-11-15(20-28-27-19(33-20)13-9-6-10-14(13)32-2)21(31)30-18(26-11)16(12-7-4-3-5-8-12)17(29-30)22(23,24)25/h3-5,7-8,13-14,29H,6,9-10H2,1-2H3/t13?,14-/m1/s1. The van der Waals surface area contributed by atoms with Crippen LogP contribution in [-0.4, -0.2) is 38.0 Å². The number of alkyl halides is 3. The molecule has 0 bridgehead atoms. The molecule has 0 saturated heterocycles. The Morgan fingerprint density at radius 3 is 2.61 bits per heavy atom. The Hall–Kier alpha value is -3.47. The molecule has 1 N–H and O–H groups in total. The van der Waals surface area contributed by atoms with Gasteiger partial charge in [0.25, 0.3) is 11.4 Å². The van der Waals surface area contributed by atoms with Crippen molar-refractivity contribution in [2.45, 2.75) is 44.4 Å². The van der Waals surface area contributed by atoms with Gasteiger partial charge in [-0.1, -0.05) is 30.3 Å². The number of nitrogens with one attached hydrogen (secondary N) is 1. The number of H-pyrrole nitrogens is 1. The highest BCUT2D eigenvalue weighted by molar-refractivity contribution is 5.81. The fourth-order valence-electron chi connectivity index (χ4n) is 4.48. The quantitative estimate of drug-likeness (QED) is 0.487. The minimum atomic E-state index is -4.73. The first-order valence-corrected chi connectivity index (χ1v) is 10.4. The van der Waals surface area contributed by atoms with Crippen LogP contribution in [-0.2, 0) is 10.9 Å². The normalized spacial score (nSPS) is 18.9. The van der Waals surface area contributed by atoms with Gasteiger partial charge >= 0.3 is 6.18 Å². The molecular weight excluding hydrogens is 439 g/mol. The van der Waals surface area contributed by atoms with E-state index in [1.165, 1.54) is 19.1 Å². The van der Waals surface area contributed by atoms with Crippen LogP contribution in [0.15, 0.2) is 39.5 Å². The molecule has 0 aliphatic heterocycles. The third kappa shape index (κ3) is 3.52. The van der Waals surface area contributed by atoms with E-state index in [4.69, 9.17) is 9.15 Å². The third-order valence-corrected chi connectivity index (χ3v) is 6.03. The second kappa shape index (κ2) is 7.84. The van der Waals surface area contributed by atoms with Crippen LogP contribution in [0.3, 0.4) is 0 Å². The third-order valence-electron chi connectivity index (χ3n) is 6.03. The number of hydrogen-bond acceptors (Lipinski definition) is 6. The second-order valence-electron chi connectivity index (χ2n) is 8.02. The fraction of sp³-hybridized carbons (Fsp3) is 0.364. The molecule has 1 saturated carbocycles. The second-order valence-corrected chi connectivity index (χ2v) is 8.02. The summed E-state index contributed by atoms with van der Waals surface area (Å²) in [6.45, 7) is 1.53. The lowest BCUT2D eigenvalue weighted by atomic mass is 10.1. The van der Waals surface area contributed by atoms with Crippen molar-refractivity contribution in [1.82, 2.24) is 24.8 Å². The summed E-state index contributed by atoms with van der Waals surface area (Å²) in [7, 11) is 1.61. The minimum absolute atomic E-state index is 0.0483. The topological polar surface area (TPSA) is 98.3 Å². The molecule has 1 aromatic carbocycles. The highest BCUT2D eigenvalue weighted by Gasteiger charge is 2.39. The number of methoxy groups -OCH3 is 1. The number of fused-ring (bicyclic) bond motifs is 1. The van der Waals surface area contributed by atoms with Gasteiger partial charge in [-0.25, -0.2) is 4.98 Å². The first kappa shape index (κ1) is 21.4. The molecule has 1 unspecified atom stereocenters. The van der Waals surface area contributed by atoms with Crippen molar-refractivity contribution in [2.75, 3.05) is 7.11 Å². The largest absolute Gasteiger partial charge is 0.433 e. The zero-order valence-electron chi connectivity index (χ0n) is 17.8. The first-order valence-electron chi connectivity index (χ1n) is 10.4. The van der Waals surface area contributed by atoms with E-state index in [2.05, 4.69) is 20.3 Å². The van der Waals surface area contributed by atoms with Gasteiger partial charge in [-0.3, -0.25) is 9.89 Å². The van der Waals surface area contributed by atoms with Gasteiger partial charge < -0.3 is 9.15 Å². The van der Waals surface area contributed by atoms with Gasteiger partial charge in [0.2, 0.25) is 5.89 Å². The molecule has 3 heterocycles. The van der Waals surface area contributed by atoms with Crippen molar-refractivity contribution >= 4 is 5.65 Å². The van der Waals surface area contributed by atoms with Gasteiger partial charge in [-0.15, -0.1) is 10.2 Å². The van der Waals surface area contributed by atoms with E-state index < -0.39 is 17.4 Å². The van der Waals surface area contributed by atoms with Gasteiger partial charge in [-0.2, -0.15) is 17.7 Å². The molecule has 8 nitrogen and oxygen atoms in total. The van der Waals surface area contributed by atoms with Gasteiger partial charge in [0.1, 0.15) is 11.3 Å². The van der Waals surface area contributed by atoms with E-state index in [0.29, 0.717) is 5.89 Å². The summed E-state index contributed by atoms with van der Waals surface area (Å²) in [4.78, 5) is 17.6. The van der Waals surface area contributed by atoms with Gasteiger partial charge in [0, 0.05) is 7.11 Å². The number of aryl methyl sites for hydroxylation is 1. The molecule has 11 heteroatoms. The van der Waals surface area contributed by atoms with Crippen LogP contribution in [0.4, 0.5) is 13.2 Å². The number of hydrogen-bond donors (Lipinski definition) is 1. The molecular formula is C22H20F3N5O3. The molecule has 0 spiro atoms. The Balaban J connectivity index is 1.69. The SMILES string of the molecule is CO[C@@H]1CCCC1c1nnc(-c2c(C)nc3c(-c4ccccc4)c(C(F)(F)F)[nH]n3c2=O)o1. The first-order chi connectivity index (χ1) is 15.8. The molecule has 0 amide bonds. The predicted molar refractivity (Wildman–Crippen MR) is 112 cm³/mol.